The number of aliphatic carboxylic acids is 1. The highest BCUT2D eigenvalue weighted by Crippen LogP contribution is 2.29. The summed E-state index contributed by atoms with van der Waals surface area (Å²) < 4.78 is 5.63. The Morgan fingerprint density at radius 3 is 3.00 bits per heavy atom. The number of fused-ring (bicyclic) bond motifs is 1. The van der Waals surface area contributed by atoms with Gasteiger partial charge in [0, 0.05) is 5.56 Å². The van der Waals surface area contributed by atoms with Crippen LogP contribution >= 0.6 is 0 Å². The van der Waals surface area contributed by atoms with E-state index in [1.165, 1.54) is 6.92 Å². The number of nitrogens with one attached hydrogen (secondary N) is 2. The Morgan fingerprint density at radius 2 is 2.30 bits per heavy atom. The second-order valence-corrected chi connectivity index (χ2v) is 4.88. The van der Waals surface area contributed by atoms with Gasteiger partial charge in [-0.1, -0.05) is 0 Å². The van der Waals surface area contributed by atoms with E-state index in [1.807, 2.05) is 6.92 Å². The zero-order chi connectivity index (χ0) is 14.7. The van der Waals surface area contributed by atoms with Gasteiger partial charge in [-0.25, -0.2) is 0 Å². The van der Waals surface area contributed by atoms with Gasteiger partial charge in [0.05, 0.1) is 18.8 Å². The summed E-state index contributed by atoms with van der Waals surface area (Å²) >= 11 is 0. The molecule has 2 rings (SSSR count). The molecule has 0 fully saturated rings. The van der Waals surface area contributed by atoms with Crippen molar-refractivity contribution in [2.45, 2.75) is 26.0 Å². The average Bonchev–Trinajstić information content (AvgIpc) is 2.43. The van der Waals surface area contributed by atoms with Gasteiger partial charge in [0.15, 0.2) is 5.78 Å². The van der Waals surface area contributed by atoms with E-state index in [0.29, 0.717) is 12.1 Å². The molecule has 1 aliphatic heterocycles. The molecule has 0 saturated carbocycles. The Balaban J connectivity index is 2.02. The van der Waals surface area contributed by atoms with Crippen LogP contribution in [0, 0.1) is 0 Å². The maximum absolute atomic E-state index is 12.0. The molecule has 2 unspecified atom stereocenters. The van der Waals surface area contributed by atoms with Crippen LogP contribution in [0.5, 0.6) is 5.75 Å². The fourth-order valence-electron chi connectivity index (χ4n) is 1.89. The predicted octanol–water partition coefficient (Wildman–Crippen LogP) is 1.12. The molecule has 0 amide bonds. The summed E-state index contributed by atoms with van der Waals surface area (Å²) in [6, 6.07) is 4.43. The van der Waals surface area contributed by atoms with Gasteiger partial charge < -0.3 is 15.2 Å². The highest BCUT2D eigenvalue weighted by atomic mass is 16.5. The number of ketones is 1. The minimum atomic E-state index is -0.979. The molecule has 20 heavy (non-hydrogen) atoms. The van der Waals surface area contributed by atoms with Crippen molar-refractivity contribution in [1.82, 2.24) is 5.32 Å². The van der Waals surface area contributed by atoms with E-state index in [0.717, 1.165) is 11.4 Å². The quantitative estimate of drug-likeness (QED) is 0.700. The van der Waals surface area contributed by atoms with Crippen LogP contribution in [0.4, 0.5) is 5.69 Å². The second kappa shape index (κ2) is 5.92. The topological polar surface area (TPSA) is 87.7 Å². The lowest BCUT2D eigenvalue weighted by Crippen LogP contribution is -2.37. The molecular formula is C14H18N2O4. The van der Waals surface area contributed by atoms with Crippen molar-refractivity contribution in [3.8, 4) is 5.75 Å². The van der Waals surface area contributed by atoms with Crippen molar-refractivity contribution in [3.63, 3.8) is 0 Å². The molecule has 0 bridgehead atoms. The van der Waals surface area contributed by atoms with Crippen molar-refractivity contribution < 1.29 is 19.4 Å². The number of rotatable bonds is 5. The van der Waals surface area contributed by atoms with Gasteiger partial charge in [0.25, 0.3) is 0 Å². The van der Waals surface area contributed by atoms with Gasteiger partial charge in [0.1, 0.15) is 17.9 Å². The van der Waals surface area contributed by atoms with Gasteiger partial charge in [-0.3, -0.25) is 14.9 Å². The number of carbonyl (C=O) groups is 2. The minimum Gasteiger partial charge on any atom is -0.487 e. The molecule has 3 N–H and O–H groups in total. The second-order valence-electron chi connectivity index (χ2n) is 4.88. The van der Waals surface area contributed by atoms with Gasteiger partial charge in [0.2, 0.25) is 0 Å². The van der Waals surface area contributed by atoms with Crippen molar-refractivity contribution in [1.29, 1.82) is 0 Å². The van der Waals surface area contributed by atoms with Crippen LogP contribution in [0.2, 0.25) is 0 Å². The van der Waals surface area contributed by atoms with Gasteiger partial charge in [-0.2, -0.15) is 0 Å². The van der Waals surface area contributed by atoms with Crippen LogP contribution in [-0.4, -0.2) is 42.1 Å². The van der Waals surface area contributed by atoms with Crippen LogP contribution in [0.1, 0.15) is 24.2 Å². The number of benzene rings is 1. The average molecular weight is 278 g/mol. The number of carboxylic acids is 1. The summed E-state index contributed by atoms with van der Waals surface area (Å²) in [6.45, 7) is 4.15. The molecule has 2 atom stereocenters. The molecule has 108 valence electrons. The summed E-state index contributed by atoms with van der Waals surface area (Å²) in [7, 11) is 0. The number of carboxylic acid groups (broad SMARTS) is 1. The molecule has 1 heterocycles. The molecule has 0 saturated heterocycles. The normalized spacial score (nSPS) is 18.4. The first-order chi connectivity index (χ1) is 9.47. The molecule has 1 aromatic rings. The monoisotopic (exact) mass is 278 g/mol. The Labute approximate surface area is 117 Å². The fraction of sp³-hybridized carbons (Fsp3) is 0.429. The smallest absolute Gasteiger partial charge is 0.320 e. The number of hydrogen-bond acceptors (Lipinski definition) is 5. The van der Waals surface area contributed by atoms with E-state index in [9.17, 15) is 9.59 Å². The molecule has 0 aromatic heterocycles. The van der Waals surface area contributed by atoms with E-state index in [-0.39, 0.29) is 18.4 Å². The standard InChI is InChI=1S/C14H18N2O4/c1-8-6-16-11-5-10(3-4-13(11)20-8)12(17)7-15-9(2)14(18)19/h3-5,8-9,15-16H,6-7H2,1-2H3,(H,18,19). The molecular weight excluding hydrogens is 260 g/mol. The first-order valence-electron chi connectivity index (χ1n) is 6.51. The van der Waals surface area contributed by atoms with Crippen LogP contribution in [-0.2, 0) is 4.79 Å². The molecule has 0 radical (unpaired) electrons. The largest absolute Gasteiger partial charge is 0.487 e. The molecule has 6 nitrogen and oxygen atoms in total. The zero-order valence-corrected chi connectivity index (χ0v) is 11.5. The third-order valence-electron chi connectivity index (χ3n) is 3.15. The van der Waals surface area contributed by atoms with Crippen LogP contribution < -0.4 is 15.4 Å². The maximum atomic E-state index is 12.0. The maximum Gasteiger partial charge on any atom is 0.320 e. The Bertz CT molecular complexity index is 530. The number of carbonyl (C=O) groups excluding carboxylic acids is 1. The predicted molar refractivity (Wildman–Crippen MR) is 74.5 cm³/mol. The van der Waals surface area contributed by atoms with Gasteiger partial charge >= 0.3 is 5.97 Å². The molecule has 1 aliphatic rings. The van der Waals surface area contributed by atoms with Crippen LogP contribution in [0.3, 0.4) is 0 Å². The summed E-state index contributed by atoms with van der Waals surface area (Å²) in [6.07, 6.45) is 0.0992. The summed E-state index contributed by atoms with van der Waals surface area (Å²) in [5.74, 6) is -0.402. The van der Waals surface area contributed by atoms with E-state index in [2.05, 4.69) is 10.6 Å². The summed E-state index contributed by atoms with van der Waals surface area (Å²) in [5, 5.41) is 14.6. The number of anilines is 1. The van der Waals surface area contributed by atoms with Gasteiger partial charge in [-0.05, 0) is 32.0 Å². The minimum absolute atomic E-state index is 0.0104. The lowest BCUT2D eigenvalue weighted by molar-refractivity contribution is -0.138. The summed E-state index contributed by atoms with van der Waals surface area (Å²) in [4.78, 5) is 22.7. The van der Waals surface area contributed by atoms with E-state index < -0.39 is 12.0 Å². The van der Waals surface area contributed by atoms with Crippen LogP contribution in [0.15, 0.2) is 18.2 Å². The SMILES string of the molecule is CC1CNc2cc(C(=O)CNC(C)C(=O)O)ccc2O1. The lowest BCUT2D eigenvalue weighted by atomic mass is 10.1. The number of hydrogen-bond donors (Lipinski definition) is 3. The molecule has 6 heteroatoms. The number of ether oxygens (including phenoxy) is 1. The molecule has 0 aliphatic carbocycles. The molecule has 0 spiro atoms. The highest BCUT2D eigenvalue weighted by Gasteiger charge is 2.18. The van der Waals surface area contributed by atoms with Crippen LogP contribution in [0.25, 0.3) is 0 Å². The van der Waals surface area contributed by atoms with E-state index in [1.54, 1.807) is 18.2 Å². The van der Waals surface area contributed by atoms with Gasteiger partial charge in [-0.15, -0.1) is 0 Å². The zero-order valence-electron chi connectivity index (χ0n) is 11.5. The van der Waals surface area contributed by atoms with Crippen molar-refractivity contribution >= 4 is 17.4 Å². The Morgan fingerprint density at radius 1 is 1.55 bits per heavy atom. The summed E-state index contributed by atoms with van der Waals surface area (Å²) in [5.41, 5.74) is 1.32. The van der Waals surface area contributed by atoms with Crippen molar-refractivity contribution in [2.75, 3.05) is 18.4 Å². The third kappa shape index (κ3) is 3.27. The highest BCUT2D eigenvalue weighted by molar-refractivity contribution is 5.99. The van der Waals surface area contributed by atoms with E-state index >= 15 is 0 Å². The lowest BCUT2D eigenvalue weighted by Gasteiger charge is -2.25. The molecule has 1 aromatic carbocycles. The Hall–Kier alpha value is -2.08. The number of Topliss-reactive ketones (excluding diaryl/α,β-unsaturated/α-hetero) is 1. The van der Waals surface area contributed by atoms with Crippen molar-refractivity contribution in [2.24, 2.45) is 0 Å². The van der Waals surface area contributed by atoms with E-state index in [4.69, 9.17) is 9.84 Å². The Kier molecular flexibility index (Phi) is 4.24. The fourth-order valence-corrected chi connectivity index (χ4v) is 1.89. The third-order valence-corrected chi connectivity index (χ3v) is 3.15. The van der Waals surface area contributed by atoms with Crippen molar-refractivity contribution in [3.05, 3.63) is 23.8 Å². The first kappa shape index (κ1) is 14.3. The first-order valence-corrected chi connectivity index (χ1v) is 6.51.